The van der Waals surface area contributed by atoms with Crippen LogP contribution in [0.15, 0.2) is 30.7 Å². The Hall–Kier alpha value is -1.88. The Morgan fingerprint density at radius 1 is 1.42 bits per heavy atom. The average molecular weight is 258 g/mol. The van der Waals surface area contributed by atoms with Gasteiger partial charge in [-0.3, -0.25) is 4.79 Å². The maximum atomic E-state index is 12.6. The summed E-state index contributed by atoms with van der Waals surface area (Å²) < 4.78 is 1.88. The lowest BCUT2D eigenvalue weighted by Gasteiger charge is -2.38. The van der Waals surface area contributed by atoms with Crippen LogP contribution in [0.5, 0.6) is 0 Å². The lowest BCUT2D eigenvalue weighted by molar-refractivity contribution is 0.0602. The first-order valence-corrected chi connectivity index (χ1v) is 6.64. The molecule has 1 saturated heterocycles. The molecular formula is C14H18N4O. The van der Waals surface area contributed by atoms with Crippen LogP contribution in [0.25, 0.3) is 5.65 Å². The molecule has 2 aromatic rings. The fraction of sp³-hybridized carbons (Fsp3) is 0.429. The molecule has 0 saturated carbocycles. The minimum Gasteiger partial charge on any atom is -0.333 e. The summed E-state index contributed by atoms with van der Waals surface area (Å²) in [5, 5.41) is 3.38. The summed E-state index contributed by atoms with van der Waals surface area (Å²) in [7, 11) is 0. The third kappa shape index (κ3) is 2.10. The first-order chi connectivity index (χ1) is 9.16. The number of amides is 1. The number of hydrogen-bond donors (Lipinski definition) is 1. The highest BCUT2D eigenvalue weighted by Gasteiger charge is 2.28. The predicted molar refractivity (Wildman–Crippen MR) is 73.2 cm³/mol. The average Bonchev–Trinajstić information content (AvgIpc) is 2.88. The van der Waals surface area contributed by atoms with Gasteiger partial charge in [-0.15, -0.1) is 0 Å². The highest BCUT2D eigenvalue weighted by Crippen LogP contribution is 2.14. The number of pyridine rings is 1. The quantitative estimate of drug-likeness (QED) is 0.835. The van der Waals surface area contributed by atoms with Crippen molar-refractivity contribution in [2.24, 2.45) is 0 Å². The molecule has 2 unspecified atom stereocenters. The molecule has 0 bridgehead atoms. The molecule has 0 aromatic carbocycles. The number of rotatable bonds is 1. The van der Waals surface area contributed by atoms with Crippen molar-refractivity contribution in [1.82, 2.24) is 19.6 Å². The first-order valence-electron chi connectivity index (χ1n) is 6.64. The SMILES string of the molecule is CC1NCCN(C(=O)c2ccc3nccn3c2)C1C. The zero-order valence-electron chi connectivity index (χ0n) is 11.2. The van der Waals surface area contributed by atoms with Gasteiger partial charge in [-0.25, -0.2) is 4.98 Å². The van der Waals surface area contributed by atoms with Crippen LogP contribution in [0, 0.1) is 0 Å². The Morgan fingerprint density at radius 3 is 3.11 bits per heavy atom. The monoisotopic (exact) mass is 258 g/mol. The largest absolute Gasteiger partial charge is 0.333 e. The molecule has 100 valence electrons. The van der Waals surface area contributed by atoms with Crippen LogP contribution in [0.4, 0.5) is 0 Å². The highest BCUT2D eigenvalue weighted by atomic mass is 16.2. The standard InChI is InChI=1S/C14H18N4O/c1-10-11(2)18(8-6-15-10)14(19)12-3-4-13-16-5-7-17(13)9-12/h3-5,7,9-11,15H,6,8H2,1-2H3. The molecule has 0 spiro atoms. The van der Waals surface area contributed by atoms with Gasteiger partial charge in [0.25, 0.3) is 5.91 Å². The number of nitrogens with one attached hydrogen (secondary N) is 1. The van der Waals surface area contributed by atoms with E-state index < -0.39 is 0 Å². The molecule has 0 aliphatic carbocycles. The number of carbonyl (C=O) groups excluding carboxylic acids is 1. The van der Waals surface area contributed by atoms with Gasteiger partial charge in [0.15, 0.2) is 0 Å². The van der Waals surface area contributed by atoms with Crippen LogP contribution in [0.1, 0.15) is 24.2 Å². The van der Waals surface area contributed by atoms with E-state index in [1.54, 1.807) is 6.20 Å². The molecule has 1 amide bonds. The molecule has 3 rings (SSSR count). The number of hydrogen-bond acceptors (Lipinski definition) is 3. The molecule has 3 heterocycles. The van der Waals surface area contributed by atoms with E-state index in [-0.39, 0.29) is 11.9 Å². The van der Waals surface area contributed by atoms with Crippen LogP contribution in [0.3, 0.4) is 0 Å². The van der Waals surface area contributed by atoms with E-state index in [2.05, 4.69) is 24.1 Å². The number of nitrogens with zero attached hydrogens (tertiary/aromatic N) is 3. The van der Waals surface area contributed by atoms with E-state index in [1.165, 1.54) is 0 Å². The highest BCUT2D eigenvalue weighted by molar-refractivity contribution is 5.94. The summed E-state index contributed by atoms with van der Waals surface area (Å²) in [6.45, 7) is 5.81. The van der Waals surface area contributed by atoms with Gasteiger partial charge >= 0.3 is 0 Å². The molecular weight excluding hydrogens is 240 g/mol. The Balaban J connectivity index is 1.90. The predicted octanol–water partition coefficient (Wildman–Crippen LogP) is 1.16. The topological polar surface area (TPSA) is 49.6 Å². The molecule has 1 aliphatic heterocycles. The molecule has 19 heavy (non-hydrogen) atoms. The van der Waals surface area contributed by atoms with Gasteiger partial charge in [-0.2, -0.15) is 0 Å². The zero-order valence-corrected chi connectivity index (χ0v) is 11.2. The van der Waals surface area contributed by atoms with Crippen LogP contribution < -0.4 is 5.32 Å². The zero-order chi connectivity index (χ0) is 13.4. The van der Waals surface area contributed by atoms with E-state index in [9.17, 15) is 4.79 Å². The van der Waals surface area contributed by atoms with Crippen molar-refractivity contribution in [1.29, 1.82) is 0 Å². The summed E-state index contributed by atoms with van der Waals surface area (Å²) in [5.74, 6) is 0.0939. The van der Waals surface area contributed by atoms with Gasteiger partial charge in [-0.1, -0.05) is 0 Å². The molecule has 1 aliphatic rings. The maximum absolute atomic E-state index is 12.6. The van der Waals surface area contributed by atoms with Crippen molar-refractivity contribution in [3.63, 3.8) is 0 Å². The number of aromatic nitrogens is 2. The third-order valence-electron chi connectivity index (χ3n) is 3.93. The third-order valence-corrected chi connectivity index (χ3v) is 3.93. The second-order valence-corrected chi connectivity index (χ2v) is 5.09. The number of imidazole rings is 1. The van der Waals surface area contributed by atoms with E-state index in [1.807, 2.05) is 33.8 Å². The molecule has 2 aromatic heterocycles. The lowest BCUT2D eigenvalue weighted by atomic mass is 10.1. The van der Waals surface area contributed by atoms with Crippen LogP contribution in [-0.2, 0) is 0 Å². The Labute approximate surface area is 112 Å². The minimum atomic E-state index is 0.0939. The van der Waals surface area contributed by atoms with Gasteiger partial charge in [0.05, 0.1) is 5.56 Å². The molecule has 0 radical (unpaired) electrons. The van der Waals surface area contributed by atoms with Crippen molar-refractivity contribution in [2.45, 2.75) is 25.9 Å². The van der Waals surface area contributed by atoms with Crippen molar-refractivity contribution in [2.75, 3.05) is 13.1 Å². The summed E-state index contributed by atoms with van der Waals surface area (Å²) in [6.07, 6.45) is 5.44. The fourth-order valence-electron chi connectivity index (χ4n) is 2.56. The summed E-state index contributed by atoms with van der Waals surface area (Å²) in [5.41, 5.74) is 1.57. The smallest absolute Gasteiger partial charge is 0.255 e. The Bertz CT molecular complexity index is 606. The molecule has 5 heteroatoms. The van der Waals surface area contributed by atoms with Gasteiger partial charge < -0.3 is 14.6 Å². The van der Waals surface area contributed by atoms with Crippen LogP contribution in [0.2, 0.25) is 0 Å². The van der Waals surface area contributed by atoms with Gasteiger partial charge in [-0.05, 0) is 26.0 Å². The Kier molecular flexibility index (Phi) is 2.98. The first kappa shape index (κ1) is 12.2. The fourth-order valence-corrected chi connectivity index (χ4v) is 2.56. The van der Waals surface area contributed by atoms with Crippen LogP contribution >= 0.6 is 0 Å². The van der Waals surface area contributed by atoms with Gasteiger partial charge in [0, 0.05) is 43.8 Å². The summed E-state index contributed by atoms with van der Waals surface area (Å²) in [6, 6.07) is 4.27. The van der Waals surface area contributed by atoms with Crippen molar-refractivity contribution in [3.8, 4) is 0 Å². The summed E-state index contributed by atoms with van der Waals surface area (Å²) in [4.78, 5) is 18.7. The van der Waals surface area contributed by atoms with Gasteiger partial charge in [0.1, 0.15) is 5.65 Å². The number of fused-ring (bicyclic) bond motifs is 1. The lowest BCUT2D eigenvalue weighted by Crippen LogP contribution is -2.57. The van der Waals surface area contributed by atoms with Crippen molar-refractivity contribution >= 4 is 11.6 Å². The van der Waals surface area contributed by atoms with Gasteiger partial charge in [0.2, 0.25) is 0 Å². The van der Waals surface area contributed by atoms with Crippen molar-refractivity contribution < 1.29 is 4.79 Å². The minimum absolute atomic E-state index is 0.0939. The number of carbonyl (C=O) groups is 1. The van der Waals surface area contributed by atoms with Crippen LogP contribution in [-0.4, -0.2) is 45.4 Å². The number of piperazine rings is 1. The summed E-state index contributed by atoms with van der Waals surface area (Å²) >= 11 is 0. The van der Waals surface area contributed by atoms with E-state index in [0.717, 1.165) is 18.7 Å². The van der Waals surface area contributed by atoms with E-state index in [0.29, 0.717) is 11.6 Å². The molecule has 2 atom stereocenters. The second-order valence-electron chi connectivity index (χ2n) is 5.09. The molecule has 1 fully saturated rings. The van der Waals surface area contributed by atoms with E-state index in [4.69, 9.17) is 0 Å². The molecule has 5 nitrogen and oxygen atoms in total. The Morgan fingerprint density at radius 2 is 2.26 bits per heavy atom. The van der Waals surface area contributed by atoms with E-state index >= 15 is 0 Å². The second kappa shape index (κ2) is 4.66. The normalized spacial score (nSPS) is 23.8. The molecule has 1 N–H and O–H groups in total. The van der Waals surface area contributed by atoms with Crippen molar-refractivity contribution in [3.05, 3.63) is 36.3 Å². The maximum Gasteiger partial charge on any atom is 0.255 e.